The van der Waals surface area contributed by atoms with Crippen molar-refractivity contribution in [3.8, 4) is 0 Å². The molecule has 114 valence electrons. The third-order valence-electron chi connectivity index (χ3n) is 2.66. The SMILES string of the molecule is CCCNCCCCS(=O)(=O)Nc1c(F)cccc1Br. The maximum atomic E-state index is 13.5. The highest BCUT2D eigenvalue weighted by molar-refractivity contribution is 9.10. The van der Waals surface area contributed by atoms with Crippen LogP contribution < -0.4 is 10.0 Å². The van der Waals surface area contributed by atoms with E-state index >= 15 is 0 Å². The fraction of sp³-hybridized carbons (Fsp3) is 0.538. The molecular formula is C13H20BrFN2O2S. The first-order valence-electron chi connectivity index (χ1n) is 6.61. The van der Waals surface area contributed by atoms with Gasteiger partial charge in [-0.05, 0) is 60.4 Å². The maximum absolute atomic E-state index is 13.5. The molecule has 0 unspecified atom stereocenters. The van der Waals surface area contributed by atoms with Gasteiger partial charge in [0, 0.05) is 4.47 Å². The van der Waals surface area contributed by atoms with Crippen molar-refractivity contribution in [1.82, 2.24) is 5.32 Å². The van der Waals surface area contributed by atoms with Gasteiger partial charge in [-0.1, -0.05) is 13.0 Å². The standard InChI is InChI=1S/C13H20BrFN2O2S/c1-2-8-16-9-3-4-10-20(18,19)17-13-11(14)6-5-7-12(13)15/h5-7,16-17H,2-4,8-10H2,1H3. The van der Waals surface area contributed by atoms with E-state index in [1.165, 1.54) is 12.1 Å². The van der Waals surface area contributed by atoms with Gasteiger partial charge >= 0.3 is 0 Å². The van der Waals surface area contributed by atoms with Gasteiger partial charge in [0.15, 0.2) is 0 Å². The van der Waals surface area contributed by atoms with Gasteiger partial charge in [0.05, 0.1) is 11.4 Å². The maximum Gasteiger partial charge on any atom is 0.232 e. The molecule has 0 radical (unpaired) electrons. The third kappa shape index (κ3) is 6.19. The summed E-state index contributed by atoms with van der Waals surface area (Å²) in [6.45, 7) is 3.81. The molecule has 0 amide bonds. The lowest BCUT2D eigenvalue weighted by Crippen LogP contribution is -2.20. The first kappa shape index (κ1) is 17.4. The van der Waals surface area contributed by atoms with Crippen molar-refractivity contribution in [3.05, 3.63) is 28.5 Å². The average Bonchev–Trinajstić information content (AvgIpc) is 2.38. The van der Waals surface area contributed by atoms with E-state index in [1.807, 2.05) is 0 Å². The van der Waals surface area contributed by atoms with E-state index in [0.717, 1.165) is 25.9 Å². The highest BCUT2D eigenvalue weighted by atomic mass is 79.9. The summed E-state index contributed by atoms with van der Waals surface area (Å²) in [6.07, 6.45) is 2.37. The molecule has 1 aromatic rings. The van der Waals surface area contributed by atoms with E-state index in [2.05, 4.69) is 32.9 Å². The van der Waals surface area contributed by atoms with E-state index in [4.69, 9.17) is 0 Å². The second-order valence-corrected chi connectivity index (χ2v) is 7.17. The summed E-state index contributed by atoms with van der Waals surface area (Å²) in [5.74, 6) is -0.603. The molecule has 0 fully saturated rings. The summed E-state index contributed by atoms with van der Waals surface area (Å²) < 4.78 is 40.0. The van der Waals surface area contributed by atoms with Crippen LogP contribution >= 0.6 is 15.9 Å². The van der Waals surface area contributed by atoms with E-state index in [0.29, 0.717) is 10.9 Å². The molecule has 4 nitrogen and oxygen atoms in total. The van der Waals surface area contributed by atoms with Gasteiger partial charge in [0.25, 0.3) is 0 Å². The monoisotopic (exact) mass is 366 g/mol. The Labute approximate surface area is 128 Å². The molecule has 0 atom stereocenters. The van der Waals surface area contributed by atoms with E-state index in [9.17, 15) is 12.8 Å². The lowest BCUT2D eigenvalue weighted by Gasteiger charge is -2.10. The zero-order valence-electron chi connectivity index (χ0n) is 11.5. The number of benzene rings is 1. The molecule has 0 saturated carbocycles. The third-order valence-corrected chi connectivity index (χ3v) is 4.67. The minimum atomic E-state index is -3.52. The van der Waals surface area contributed by atoms with Crippen molar-refractivity contribution in [1.29, 1.82) is 0 Å². The normalized spacial score (nSPS) is 11.6. The van der Waals surface area contributed by atoms with Crippen molar-refractivity contribution in [2.75, 3.05) is 23.6 Å². The molecule has 7 heteroatoms. The molecular weight excluding hydrogens is 347 g/mol. The van der Waals surface area contributed by atoms with Crippen LogP contribution in [-0.2, 0) is 10.0 Å². The molecule has 0 aliphatic heterocycles. The Hall–Kier alpha value is -0.660. The van der Waals surface area contributed by atoms with Crippen molar-refractivity contribution in [3.63, 3.8) is 0 Å². The summed E-state index contributed by atoms with van der Waals surface area (Å²) in [5.41, 5.74) is -0.0309. The smallest absolute Gasteiger partial charge is 0.232 e. The van der Waals surface area contributed by atoms with Gasteiger partial charge in [-0.3, -0.25) is 4.72 Å². The summed E-state index contributed by atoms with van der Waals surface area (Å²) in [5, 5.41) is 3.21. The van der Waals surface area contributed by atoms with Crippen LogP contribution in [0.25, 0.3) is 0 Å². The Morgan fingerprint density at radius 1 is 1.25 bits per heavy atom. The second-order valence-electron chi connectivity index (χ2n) is 4.47. The fourth-order valence-corrected chi connectivity index (χ4v) is 3.42. The number of para-hydroxylation sites is 1. The number of unbranched alkanes of at least 4 members (excludes halogenated alkanes) is 1. The molecule has 1 aromatic carbocycles. The van der Waals surface area contributed by atoms with Gasteiger partial charge in [-0.15, -0.1) is 0 Å². The molecule has 0 aliphatic carbocycles. The van der Waals surface area contributed by atoms with Crippen LogP contribution in [0, 0.1) is 5.82 Å². The Bertz CT molecular complexity index is 503. The van der Waals surface area contributed by atoms with E-state index in [1.54, 1.807) is 6.07 Å². The molecule has 0 heterocycles. The Morgan fingerprint density at radius 3 is 2.65 bits per heavy atom. The molecule has 1 rings (SSSR count). The van der Waals surface area contributed by atoms with Gasteiger partial charge < -0.3 is 5.32 Å². The van der Waals surface area contributed by atoms with Gasteiger partial charge in [0.2, 0.25) is 10.0 Å². The first-order valence-corrected chi connectivity index (χ1v) is 9.06. The number of hydrogen-bond donors (Lipinski definition) is 2. The summed E-state index contributed by atoms with van der Waals surface area (Å²) in [6, 6.07) is 4.32. The second kappa shape index (κ2) is 8.59. The minimum Gasteiger partial charge on any atom is -0.317 e. The molecule has 0 spiro atoms. The molecule has 0 saturated heterocycles. The molecule has 0 bridgehead atoms. The number of nitrogens with one attached hydrogen (secondary N) is 2. The molecule has 2 N–H and O–H groups in total. The van der Waals surface area contributed by atoms with Crippen LogP contribution in [0.3, 0.4) is 0 Å². The quantitative estimate of drug-likeness (QED) is 0.660. The molecule has 20 heavy (non-hydrogen) atoms. The minimum absolute atomic E-state index is 0.0123. The van der Waals surface area contributed by atoms with Crippen LogP contribution in [0.4, 0.5) is 10.1 Å². The van der Waals surface area contributed by atoms with Gasteiger partial charge in [-0.25, -0.2) is 12.8 Å². The van der Waals surface area contributed by atoms with Crippen LogP contribution in [0.2, 0.25) is 0 Å². The number of anilines is 1. The Balaban J connectivity index is 2.46. The number of halogens is 2. The first-order chi connectivity index (χ1) is 9.46. The van der Waals surface area contributed by atoms with Crippen LogP contribution in [-0.4, -0.2) is 27.3 Å². The summed E-state index contributed by atoms with van der Waals surface area (Å²) in [7, 11) is -3.52. The van der Waals surface area contributed by atoms with E-state index < -0.39 is 15.8 Å². The van der Waals surface area contributed by atoms with Gasteiger partial charge in [-0.2, -0.15) is 0 Å². The largest absolute Gasteiger partial charge is 0.317 e. The predicted molar refractivity (Wildman–Crippen MR) is 83.9 cm³/mol. The van der Waals surface area contributed by atoms with Crippen molar-refractivity contribution in [2.45, 2.75) is 26.2 Å². The lowest BCUT2D eigenvalue weighted by molar-refractivity contribution is 0.588. The molecule has 0 aromatic heterocycles. The Kier molecular flexibility index (Phi) is 7.47. The van der Waals surface area contributed by atoms with E-state index in [-0.39, 0.29) is 11.4 Å². The topological polar surface area (TPSA) is 58.2 Å². The lowest BCUT2D eigenvalue weighted by atomic mass is 10.3. The summed E-state index contributed by atoms with van der Waals surface area (Å²) >= 11 is 3.13. The molecule has 0 aliphatic rings. The van der Waals surface area contributed by atoms with Crippen LogP contribution in [0.15, 0.2) is 22.7 Å². The fourth-order valence-electron chi connectivity index (χ4n) is 1.65. The number of hydrogen-bond acceptors (Lipinski definition) is 3. The van der Waals surface area contributed by atoms with Crippen molar-refractivity contribution < 1.29 is 12.8 Å². The summed E-state index contributed by atoms with van der Waals surface area (Å²) in [4.78, 5) is 0. The number of rotatable bonds is 9. The highest BCUT2D eigenvalue weighted by Gasteiger charge is 2.15. The zero-order valence-corrected chi connectivity index (χ0v) is 13.9. The van der Waals surface area contributed by atoms with Gasteiger partial charge in [0.1, 0.15) is 5.82 Å². The van der Waals surface area contributed by atoms with Crippen molar-refractivity contribution in [2.24, 2.45) is 0 Å². The predicted octanol–water partition coefficient (Wildman–Crippen LogP) is 3.11. The van der Waals surface area contributed by atoms with Crippen LogP contribution in [0.5, 0.6) is 0 Å². The number of sulfonamides is 1. The zero-order chi connectivity index (χ0) is 15.0. The Morgan fingerprint density at radius 2 is 2.00 bits per heavy atom. The average molecular weight is 367 g/mol. The van der Waals surface area contributed by atoms with Crippen LogP contribution in [0.1, 0.15) is 26.2 Å². The highest BCUT2D eigenvalue weighted by Crippen LogP contribution is 2.26. The van der Waals surface area contributed by atoms with Crippen molar-refractivity contribution >= 4 is 31.6 Å².